The van der Waals surface area contributed by atoms with E-state index in [9.17, 15) is 19.6 Å². The topological polar surface area (TPSA) is 144 Å². The smallest absolute Gasteiger partial charge is 0.414 e. The van der Waals surface area contributed by atoms with E-state index in [0.29, 0.717) is 23.4 Å². The summed E-state index contributed by atoms with van der Waals surface area (Å²) in [5.41, 5.74) is 3.27. The Balaban J connectivity index is 1.79. The number of aromatic nitrogens is 1. The van der Waals surface area contributed by atoms with Crippen LogP contribution in [-0.2, 0) is 21.0 Å². The van der Waals surface area contributed by atoms with Crippen molar-refractivity contribution in [2.45, 2.75) is 46.3 Å². The number of anilines is 1. The highest BCUT2D eigenvalue weighted by Crippen LogP contribution is 2.39. The van der Waals surface area contributed by atoms with Gasteiger partial charge in [0.15, 0.2) is 5.75 Å². The Hall–Kier alpha value is -3.89. The van der Waals surface area contributed by atoms with E-state index in [4.69, 9.17) is 32.7 Å². The number of nitrogens with one attached hydrogen (secondary N) is 2. The van der Waals surface area contributed by atoms with Gasteiger partial charge in [-0.25, -0.2) is 4.79 Å². The fourth-order valence-electron chi connectivity index (χ4n) is 3.64. The van der Waals surface area contributed by atoms with Gasteiger partial charge in [0.25, 0.3) is 11.5 Å². The molecule has 3 aromatic rings. The molecule has 2 N–H and O–H groups in total. The molecule has 0 radical (unpaired) electrons. The number of carbonyl (C=O) groups excluding carboxylic acids is 2. The number of aryl methyl sites for hydroxylation is 1. The molecule has 3 rings (SSSR count). The predicted octanol–water partition coefficient (Wildman–Crippen LogP) is 6.29. The van der Waals surface area contributed by atoms with Crippen LogP contribution in [0.1, 0.15) is 12.5 Å². The van der Waals surface area contributed by atoms with E-state index in [0.717, 1.165) is 11.4 Å². The summed E-state index contributed by atoms with van der Waals surface area (Å²) in [6, 6.07) is 12.5. The van der Waals surface area contributed by atoms with E-state index in [1.54, 1.807) is 48.7 Å². The number of carbonyl (C=O) groups is 2. The summed E-state index contributed by atoms with van der Waals surface area (Å²) in [4.78, 5) is 36.3. The van der Waals surface area contributed by atoms with Gasteiger partial charge in [-0.05, 0) is 56.3 Å². The first kappa shape index (κ1) is 32.6. The van der Waals surface area contributed by atoms with Gasteiger partial charge < -0.3 is 14.2 Å². The molecule has 0 spiro atoms. The SMILES string of the molecule is CCOC(=O)NC(=O)C(C#N)=NNc1cc(Cl)c(Oc2ccc3c(c2)cc(C)c(=O)n3COCC[Si](C)(C)C)c(Cl)c1. The minimum Gasteiger partial charge on any atom is -0.454 e. The van der Waals surface area contributed by atoms with E-state index >= 15 is 0 Å². The van der Waals surface area contributed by atoms with E-state index in [1.165, 1.54) is 12.1 Å². The van der Waals surface area contributed by atoms with Gasteiger partial charge in [-0.2, -0.15) is 10.4 Å². The highest BCUT2D eigenvalue weighted by Gasteiger charge is 2.17. The molecule has 222 valence electrons. The highest BCUT2D eigenvalue weighted by atomic mass is 35.5. The first-order valence-corrected chi connectivity index (χ1v) is 17.4. The standard InChI is InChI=1S/C28H31Cl2N5O6Si/c1-6-40-28(38)32-26(36)23(15-31)34-33-19-13-21(29)25(22(30)14-19)41-20-7-8-24-18(12-20)11-17(2)27(37)35(24)16-39-9-10-42(3,4)5/h7-8,11-14,33H,6,9-10,16H2,1-5H3,(H,32,36,38). The fourth-order valence-corrected chi connectivity index (χ4v) is 4.96. The molecule has 0 saturated heterocycles. The number of hydrogen-bond acceptors (Lipinski definition) is 9. The normalized spacial score (nSPS) is 11.6. The Morgan fingerprint density at radius 3 is 2.43 bits per heavy atom. The van der Waals surface area contributed by atoms with Gasteiger partial charge in [0.1, 0.15) is 18.5 Å². The zero-order valence-corrected chi connectivity index (χ0v) is 26.4. The fraction of sp³-hybridized carbons (Fsp3) is 0.321. The van der Waals surface area contributed by atoms with Crippen molar-refractivity contribution in [3.05, 3.63) is 62.4 Å². The van der Waals surface area contributed by atoms with Gasteiger partial charge in [0.05, 0.1) is 27.9 Å². The number of rotatable bonds is 11. The maximum atomic E-state index is 12.8. The Bertz CT molecular complexity index is 1600. The summed E-state index contributed by atoms with van der Waals surface area (Å²) in [6.45, 7) is 10.9. The number of nitrogens with zero attached hydrogens (tertiary/aromatic N) is 3. The van der Waals surface area contributed by atoms with Gasteiger partial charge in [-0.15, -0.1) is 0 Å². The number of fused-ring (bicyclic) bond motifs is 1. The lowest BCUT2D eigenvalue weighted by Gasteiger charge is -2.17. The van der Waals surface area contributed by atoms with Gasteiger partial charge in [0.2, 0.25) is 5.71 Å². The maximum Gasteiger partial charge on any atom is 0.414 e. The molecule has 1 aromatic heterocycles. The Morgan fingerprint density at radius 1 is 1.12 bits per heavy atom. The number of ether oxygens (including phenoxy) is 3. The van der Waals surface area contributed by atoms with E-state index in [1.807, 2.05) is 5.32 Å². The molecule has 0 aliphatic carbocycles. The van der Waals surface area contributed by atoms with Crippen molar-refractivity contribution in [3.8, 4) is 17.6 Å². The number of benzene rings is 2. The van der Waals surface area contributed by atoms with Crippen LogP contribution >= 0.6 is 23.2 Å². The maximum absolute atomic E-state index is 12.8. The third kappa shape index (κ3) is 8.80. The quantitative estimate of drug-likeness (QED) is 0.109. The molecular formula is C28H31Cl2N5O6Si. The van der Waals surface area contributed by atoms with Crippen molar-refractivity contribution in [2.24, 2.45) is 5.10 Å². The number of hydrazone groups is 1. The van der Waals surface area contributed by atoms with Gasteiger partial charge in [-0.3, -0.25) is 24.9 Å². The van der Waals surface area contributed by atoms with Crippen LogP contribution in [0.3, 0.4) is 0 Å². The lowest BCUT2D eigenvalue weighted by Crippen LogP contribution is -2.36. The Kier molecular flexibility index (Phi) is 11.1. The van der Waals surface area contributed by atoms with Crippen LogP contribution in [0.25, 0.3) is 10.9 Å². The lowest BCUT2D eigenvalue weighted by atomic mass is 10.1. The predicted molar refractivity (Wildman–Crippen MR) is 165 cm³/mol. The molecule has 2 amide bonds. The first-order chi connectivity index (χ1) is 19.8. The van der Waals surface area contributed by atoms with Crippen molar-refractivity contribution in [1.82, 2.24) is 9.88 Å². The summed E-state index contributed by atoms with van der Waals surface area (Å²) in [5.74, 6) is -0.458. The van der Waals surface area contributed by atoms with E-state index in [2.05, 4.69) is 34.9 Å². The summed E-state index contributed by atoms with van der Waals surface area (Å²) < 4.78 is 18.0. The number of halogens is 2. The van der Waals surface area contributed by atoms with Crippen LogP contribution in [0.2, 0.25) is 35.7 Å². The second kappa shape index (κ2) is 14.3. The molecule has 0 fully saturated rings. The van der Waals surface area contributed by atoms with Crippen LogP contribution in [-0.4, -0.2) is 43.6 Å². The number of imide groups is 1. The highest BCUT2D eigenvalue weighted by molar-refractivity contribution is 6.76. The molecule has 2 aromatic carbocycles. The molecule has 1 heterocycles. The van der Waals surface area contributed by atoms with Gasteiger partial charge in [0, 0.05) is 25.6 Å². The number of alkyl carbamates (subject to hydrolysis) is 1. The van der Waals surface area contributed by atoms with E-state index in [-0.39, 0.29) is 40.4 Å². The van der Waals surface area contributed by atoms with Crippen molar-refractivity contribution in [3.63, 3.8) is 0 Å². The van der Waals surface area contributed by atoms with Crippen LogP contribution in [0, 0.1) is 18.3 Å². The zero-order valence-electron chi connectivity index (χ0n) is 23.8. The zero-order chi connectivity index (χ0) is 31.0. The van der Waals surface area contributed by atoms with Gasteiger partial charge in [-0.1, -0.05) is 42.8 Å². The number of amides is 2. The Labute approximate surface area is 254 Å². The number of pyridine rings is 1. The molecule has 0 unspecified atom stereocenters. The summed E-state index contributed by atoms with van der Waals surface area (Å²) in [6.07, 6.45) is -1.00. The average molecular weight is 633 g/mol. The van der Waals surface area contributed by atoms with Crippen molar-refractivity contribution in [2.75, 3.05) is 18.6 Å². The molecule has 11 nitrogen and oxygen atoms in total. The molecule has 0 bridgehead atoms. The van der Waals surface area contributed by atoms with Crippen LogP contribution < -0.4 is 21.0 Å². The molecule has 42 heavy (non-hydrogen) atoms. The second-order valence-electron chi connectivity index (χ2n) is 10.4. The summed E-state index contributed by atoms with van der Waals surface area (Å²) >= 11 is 12.9. The third-order valence-electron chi connectivity index (χ3n) is 5.79. The Morgan fingerprint density at radius 2 is 1.81 bits per heavy atom. The molecular weight excluding hydrogens is 601 g/mol. The molecule has 14 heteroatoms. The molecule has 0 aliphatic heterocycles. The lowest BCUT2D eigenvalue weighted by molar-refractivity contribution is -0.114. The second-order valence-corrected chi connectivity index (χ2v) is 16.8. The minimum atomic E-state index is -1.26. The van der Waals surface area contributed by atoms with Gasteiger partial charge >= 0.3 is 6.09 Å². The van der Waals surface area contributed by atoms with E-state index < -0.39 is 25.8 Å². The molecule has 0 saturated carbocycles. The number of hydrogen-bond donors (Lipinski definition) is 2. The van der Waals surface area contributed by atoms with Crippen molar-refractivity contribution < 1.29 is 23.8 Å². The van der Waals surface area contributed by atoms with Crippen LogP contribution in [0.15, 0.2) is 46.3 Å². The summed E-state index contributed by atoms with van der Waals surface area (Å²) in [7, 11) is -1.26. The molecule has 0 atom stereocenters. The third-order valence-corrected chi connectivity index (χ3v) is 8.05. The summed E-state index contributed by atoms with van der Waals surface area (Å²) in [5, 5.41) is 15.8. The monoisotopic (exact) mass is 631 g/mol. The van der Waals surface area contributed by atoms with Crippen molar-refractivity contribution in [1.29, 1.82) is 5.26 Å². The first-order valence-electron chi connectivity index (χ1n) is 12.9. The minimum absolute atomic E-state index is 0.0512. The van der Waals surface area contributed by atoms with Crippen LogP contribution in [0.4, 0.5) is 10.5 Å². The van der Waals surface area contributed by atoms with Crippen LogP contribution in [0.5, 0.6) is 11.5 Å². The largest absolute Gasteiger partial charge is 0.454 e. The van der Waals surface area contributed by atoms with Crippen molar-refractivity contribution >= 4 is 65.6 Å². The molecule has 0 aliphatic rings. The average Bonchev–Trinajstić information content (AvgIpc) is 2.90. The number of nitriles is 1.